The van der Waals surface area contributed by atoms with Gasteiger partial charge in [-0.25, -0.2) is 0 Å². The van der Waals surface area contributed by atoms with Crippen molar-refractivity contribution in [2.75, 3.05) is 20.0 Å². The molecule has 2 aromatic carbocycles. The van der Waals surface area contributed by atoms with Crippen molar-refractivity contribution in [2.45, 2.75) is 32.3 Å². The zero-order valence-corrected chi connectivity index (χ0v) is 17.0. The Kier molecular flexibility index (Phi) is 6.89. The summed E-state index contributed by atoms with van der Waals surface area (Å²) in [6.45, 7) is 4.21. The Morgan fingerprint density at radius 2 is 1.71 bits per heavy atom. The molecule has 6 nitrogen and oxygen atoms in total. The maximum atomic E-state index is 13.5. The molecule has 0 spiro atoms. The third-order valence-electron chi connectivity index (χ3n) is 4.49. The SMILES string of the molecule is CCOP(=O)(OCC)[C@H](CC(=O)c1ccccc1)Cc1ccc2c(c1)OCO2. The van der Waals surface area contributed by atoms with Gasteiger partial charge in [0.15, 0.2) is 17.3 Å². The number of ether oxygens (including phenoxy) is 2. The fraction of sp³-hybridized carbons (Fsp3) is 0.381. The third kappa shape index (κ3) is 4.82. The highest BCUT2D eigenvalue weighted by Gasteiger charge is 2.37. The molecule has 0 bridgehead atoms. The average Bonchev–Trinajstić information content (AvgIpc) is 3.16. The van der Waals surface area contributed by atoms with Gasteiger partial charge in [0.05, 0.1) is 18.9 Å². The summed E-state index contributed by atoms with van der Waals surface area (Å²) in [5, 5.41) is 0. The van der Waals surface area contributed by atoms with Crippen LogP contribution in [-0.4, -0.2) is 31.4 Å². The van der Waals surface area contributed by atoms with E-state index in [1.165, 1.54) is 0 Å². The van der Waals surface area contributed by atoms with E-state index in [2.05, 4.69) is 0 Å². The first-order valence-electron chi connectivity index (χ1n) is 9.41. The van der Waals surface area contributed by atoms with Crippen molar-refractivity contribution in [3.63, 3.8) is 0 Å². The highest BCUT2D eigenvalue weighted by atomic mass is 31.2. The first-order chi connectivity index (χ1) is 13.6. The molecule has 0 saturated heterocycles. The van der Waals surface area contributed by atoms with Crippen LogP contribution in [0.2, 0.25) is 0 Å². The van der Waals surface area contributed by atoms with E-state index in [0.29, 0.717) is 23.5 Å². The molecule has 0 aromatic heterocycles. The monoisotopic (exact) mass is 404 g/mol. The van der Waals surface area contributed by atoms with Crippen molar-refractivity contribution in [2.24, 2.45) is 0 Å². The molecule has 1 aliphatic rings. The van der Waals surface area contributed by atoms with E-state index in [1.54, 1.807) is 26.0 Å². The van der Waals surface area contributed by atoms with Gasteiger partial charge in [0, 0.05) is 12.0 Å². The Hall–Kier alpha value is -2.14. The van der Waals surface area contributed by atoms with Crippen LogP contribution < -0.4 is 9.47 Å². The van der Waals surface area contributed by atoms with Gasteiger partial charge in [0.1, 0.15) is 0 Å². The number of rotatable bonds is 10. The highest BCUT2D eigenvalue weighted by molar-refractivity contribution is 7.54. The van der Waals surface area contributed by atoms with Gasteiger partial charge in [-0.2, -0.15) is 0 Å². The van der Waals surface area contributed by atoms with Gasteiger partial charge < -0.3 is 18.5 Å². The second-order valence-electron chi connectivity index (χ2n) is 6.41. The molecule has 0 fully saturated rings. The number of Topliss-reactive ketones (excluding diaryl/α,β-unsaturated/α-hetero) is 1. The van der Waals surface area contributed by atoms with Crippen LogP contribution in [0.5, 0.6) is 11.5 Å². The molecular formula is C21H25O6P. The highest BCUT2D eigenvalue weighted by Crippen LogP contribution is 2.55. The molecule has 1 atom stereocenters. The topological polar surface area (TPSA) is 71.1 Å². The van der Waals surface area contributed by atoms with Crippen molar-refractivity contribution < 1.29 is 27.9 Å². The Morgan fingerprint density at radius 1 is 1.04 bits per heavy atom. The molecule has 150 valence electrons. The van der Waals surface area contributed by atoms with Crippen molar-refractivity contribution in [3.8, 4) is 11.5 Å². The van der Waals surface area contributed by atoms with Gasteiger partial charge in [-0.3, -0.25) is 9.36 Å². The summed E-state index contributed by atoms with van der Waals surface area (Å²) in [6.07, 6.45) is 0.433. The first kappa shape index (κ1) is 20.6. The first-order valence-corrected chi connectivity index (χ1v) is 11.0. The zero-order chi connectivity index (χ0) is 20.0. The molecule has 0 unspecified atom stereocenters. The van der Waals surface area contributed by atoms with Gasteiger partial charge in [-0.05, 0) is 38.0 Å². The quantitative estimate of drug-likeness (QED) is 0.416. The predicted molar refractivity (Wildman–Crippen MR) is 106 cm³/mol. The molecule has 7 heteroatoms. The van der Waals surface area contributed by atoms with Crippen LogP contribution in [0.25, 0.3) is 0 Å². The van der Waals surface area contributed by atoms with Crippen LogP contribution in [0.15, 0.2) is 48.5 Å². The number of fused-ring (bicyclic) bond motifs is 1. The number of hydrogen-bond donors (Lipinski definition) is 0. The molecule has 1 heterocycles. The number of ketones is 1. The lowest BCUT2D eigenvalue weighted by molar-refractivity contribution is 0.0973. The standard InChI is InChI=1S/C21H25O6P/c1-3-26-28(23,27-4-2)18(14-19(22)17-8-6-5-7-9-17)12-16-10-11-20-21(13-16)25-15-24-20/h5-11,13,18H,3-4,12,14-15H2,1-2H3/t18-/m0/s1. The molecule has 3 rings (SSSR count). The van der Waals surface area contributed by atoms with Crippen LogP contribution in [0.3, 0.4) is 0 Å². The fourth-order valence-electron chi connectivity index (χ4n) is 3.20. The van der Waals surface area contributed by atoms with Crippen molar-refractivity contribution in [1.82, 2.24) is 0 Å². The normalized spacial score (nSPS) is 14.1. The molecule has 0 radical (unpaired) electrons. The maximum absolute atomic E-state index is 13.5. The Morgan fingerprint density at radius 3 is 2.39 bits per heavy atom. The average molecular weight is 404 g/mol. The van der Waals surface area contributed by atoms with E-state index < -0.39 is 13.3 Å². The largest absolute Gasteiger partial charge is 0.454 e. The molecule has 1 aliphatic heterocycles. The van der Waals surface area contributed by atoms with E-state index in [4.69, 9.17) is 18.5 Å². The van der Waals surface area contributed by atoms with E-state index in [-0.39, 0.29) is 32.2 Å². The van der Waals surface area contributed by atoms with Crippen molar-refractivity contribution in [1.29, 1.82) is 0 Å². The van der Waals surface area contributed by atoms with Crippen molar-refractivity contribution >= 4 is 13.4 Å². The summed E-state index contributed by atoms with van der Waals surface area (Å²) >= 11 is 0. The van der Waals surface area contributed by atoms with Crippen molar-refractivity contribution in [3.05, 3.63) is 59.7 Å². The van der Waals surface area contributed by atoms with E-state index >= 15 is 0 Å². The minimum Gasteiger partial charge on any atom is -0.454 e. The third-order valence-corrected chi connectivity index (χ3v) is 6.99. The number of carbonyl (C=O) groups is 1. The molecular weight excluding hydrogens is 379 g/mol. The smallest absolute Gasteiger partial charge is 0.334 e. The predicted octanol–water partition coefficient (Wildman–Crippen LogP) is 4.87. The maximum Gasteiger partial charge on any atom is 0.334 e. The minimum atomic E-state index is -3.48. The summed E-state index contributed by atoms with van der Waals surface area (Å²) in [6, 6.07) is 14.5. The lowest BCUT2D eigenvalue weighted by Gasteiger charge is -2.26. The Balaban J connectivity index is 1.87. The number of carbonyl (C=O) groups excluding carboxylic acids is 1. The Labute approximate surface area is 165 Å². The van der Waals surface area contributed by atoms with Gasteiger partial charge in [-0.15, -0.1) is 0 Å². The summed E-state index contributed by atoms with van der Waals surface area (Å²) in [4.78, 5) is 12.8. The number of benzene rings is 2. The van der Waals surface area contributed by atoms with E-state index in [1.807, 2.05) is 36.4 Å². The Bertz CT molecular complexity index is 841. The minimum absolute atomic E-state index is 0.0652. The van der Waals surface area contributed by atoms with Gasteiger partial charge >= 0.3 is 7.60 Å². The van der Waals surface area contributed by atoms with Gasteiger partial charge in [0.25, 0.3) is 0 Å². The molecule has 0 amide bonds. The molecule has 2 aromatic rings. The van der Waals surface area contributed by atoms with Crippen LogP contribution in [0, 0.1) is 0 Å². The summed E-state index contributed by atoms with van der Waals surface area (Å²) in [5.74, 6) is 1.23. The van der Waals surface area contributed by atoms with E-state index in [0.717, 1.165) is 5.56 Å². The van der Waals surface area contributed by atoms with Crippen LogP contribution in [0.4, 0.5) is 0 Å². The summed E-state index contributed by atoms with van der Waals surface area (Å²) in [5.41, 5.74) is 0.868. The van der Waals surface area contributed by atoms with Crippen LogP contribution in [0.1, 0.15) is 36.2 Å². The second kappa shape index (κ2) is 9.37. The lowest BCUT2D eigenvalue weighted by atomic mass is 10.0. The molecule has 0 N–H and O–H groups in total. The molecule has 0 saturated carbocycles. The molecule has 0 aliphatic carbocycles. The second-order valence-corrected chi connectivity index (χ2v) is 8.74. The zero-order valence-electron chi connectivity index (χ0n) is 16.1. The van der Waals surface area contributed by atoms with Gasteiger partial charge in [-0.1, -0.05) is 36.4 Å². The van der Waals surface area contributed by atoms with Crippen LogP contribution in [-0.2, 0) is 20.0 Å². The lowest BCUT2D eigenvalue weighted by Crippen LogP contribution is -2.20. The summed E-state index contributed by atoms with van der Waals surface area (Å²) < 4.78 is 35.4. The van der Waals surface area contributed by atoms with E-state index in [9.17, 15) is 9.36 Å². The molecule has 28 heavy (non-hydrogen) atoms. The fourth-order valence-corrected chi connectivity index (χ4v) is 5.24. The van der Waals surface area contributed by atoms with Gasteiger partial charge in [0.2, 0.25) is 6.79 Å². The van der Waals surface area contributed by atoms with Crippen LogP contribution >= 0.6 is 7.60 Å². The summed E-state index contributed by atoms with van der Waals surface area (Å²) in [7, 11) is -3.48. The number of hydrogen-bond acceptors (Lipinski definition) is 6.